The van der Waals surface area contributed by atoms with E-state index in [1.165, 1.54) is 6.07 Å². The predicted octanol–water partition coefficient (Wildman–Crippen LogP) is 5.87. The zero-order valence-corrected chi connectivity index (χ0v) is 19.2. The minimum atomic E-state index is -4.98. The second-order valence-electron chi connectivity index (χ2n) is 7.15. The summed E-state index contributed by atoms with van der Waals surface area (Å²) >= 11 is 0. The van der Waals surface area contributed by atoms with Crippen LogP contribution in [-0.2, 0) is 20.2 Å². The molecule has 4 aromatic carbocycles. The van der Waals surface area contributed by atoms with Crippen LogP contribution in [0.2, 0.25) is 0 Å². The number of phenols is 1. The summed E-state index contributed by atoms with van der Waals surface area (Å²) < 4.78 is 66.0. The molecular weight excluding hydrogens is 496 g/mol. The Labute approximate surface area is 199 Å². The van der Waals surface area contributed by atoms with Crippen LogP contribution in [0.1, 0.15) is 0 Å². The lowest BCUT2D eigenvalue weighted by atomic mass is 10.1. The minimum absolute atomic E-state index is 0.0313. The van der Waals surface area contributed by atoms with Gasteiger partial charge in [-0.05, 0) is 60.0 Å². The van der Waals surface area contributed by atoms with Crippen molar-refractivity contribution < 1.29 is 31.0 Å². The van der Waals surface area contributed by atoms with Gasteiger partial charge in [0, 0.05) is 5.39 Å². The van der Waals surface area contributed by atoms with Gasteiger partial charge in [0.2, 0.25) is 0 Å². The molecule has 178 valence electrons. The normalized spacial score (nSPS) is 12.6. The summed E-state index contributed by atoms with van der Waals surface area (Å²) in [6.07, 6.45) is 0. The molecule has 0 spiro atoms. The molecule has 35 heavy (non-hydrogen) atoms. The van der Waals surface area contributed by atoms with E-state index >= 15 is 0 Å². The number of phenolic OH excluding ortho intramolecular Hbond substituents is 1. The van der Waals surface area contributed by atoms with Crippen molar-refractivity contribution >= 4 is 53.8 Å². The summed E-state index contributed by atoms with van der Waals surface area (Å²) in [7, 11) is -9.77. The Bertz CT molecular complexity index is 1690. The van der Waals surface area contributed by atoms with Crippen LogP contribution >= 0.6 is 0 Å². The van der Waals surface area contributed by atoms with Crippen LogP contribution in [0.3, 0.4) is 0 Å². The summed E-state index contributed by atoms with van der Waals surface area (Å²) in [6, 6.07) is 19.4. The molecule has 0 aliphatic carbocycles. The number of azo groups is 2. The molecule has 0 fully saturated rings. The summed E-state index contributed by atoms with van der Waals surface area (Å²) in [5, 5.41) is 26.1. The second kappa shape index (κ2) is 9.31. The van der Waals surface area contributed by atoms with Crippen molar-refractivity contribution in [3.8, 4) is 5.75 Å². The zero-order chi connectivity index (χ0) is 25.2. The Morgan fingerprint density at radius 1 is 0.600 bits per heavy atom. The van der Waals surface area contributed by atoms with Crippen molar-refractivity contribution in [3.05, 3.63) is 78.9 Å². The van der Waals surface area contributed by atoms with E-state index in [1.54, 1.807) is 36.4 Å². The van der Waals surface area contributed by atoms with E-state index < -0.39 is 35.8 Å². The molecule has 0 aliphatic heterocycles. The van der Waals surface area contributed by atoms with Crippen molar-refractivity contribution in [2.45, 2.75) is 9.79 Å². The predicted molar refractivity (Wildman–Crippen MR) is 126 cm³/mol. The third-order valence-electron chi connectivity index (χ3n) is 4.73. The van der Waals surface area contributed by atoms with Crippen molar-refractivity contribution in [2.24, 2.45) is 20.5 Å². The highest BCUT2D eigenvalue weighted by atomic mass is 32.2. The maximum Gasteiger partial charge on any atom is 0.295 e. The molecule has 0 aromatic heterocycles. The summed E-state index contributed by atoms with van der Waals surface area (Å²) in [5.41, 5.74) is 1.20. The smallest absolute Gasteiger partial charge is 0.295 e. The average Bonchev–Trinajstić information content (AvgIpc) is 2.81. The van der Waals surface area contributed by atoms with Crippen LogP contribution in [0.4, 0.5) is 22.7 Å². The number of benzene rings is 4. The van der Waals surface area contributed by atoms with E-state index in [0.717, 1.165) is 12.1 Å². The number of rotatable bonds is 6. The van der Waals surface area contributed by atoms with E-state index in [9.17, 15) is 31.0 Å². The fourth-order valence-electron chi connectivity index (χ4n) is 3.13. The van der Waals surface area contributed by atoms with E-state index in [0.29, 0.717) is 23.1 Å². The second-order valence-corrected chi connectivity index (χ2v) is 9.97. The molecule has 0 amide bonds. The molecule has 0 unspecified atom stereocenters. The van der Waals surface area contributed by atoms with Crippen LogP contribution < -0.4 is 0 Å². The molecule has 0 atom stereocenters. The lowest BCUT2D eigenvalue weighted by Gasteiger charge is -2.10. The quantitative estimate of drug-likeness (QED) is 0.213. The molecule has 0 saturated carbocycles. The molecular formula is C22H16N4O7S2. The van der Waals surface area contributed by atoms with Gasteiger partial charge in [-0.1, -0.05) is 24.3 Å². The fraction of sp³-hybridized carbons (Fsp3) is 0. The van der Waals surface area contributed by atoms with Crippen molar-refractivity contribution in [2.75, 3.05) is 0 Å². The average molecular weight is 513 g/mol. The van der Waals surface area contributed by atoms with Gasteiger partial charge in [-0.15, -0.1) is 5.11 Å². The van der Waals surface area contributed by atoms with E-state index in [4.69, 9.17) is 0 Å². The number of aromatic hydroxyl groups is 1. The van der Waals surface area contributed by atoms with E-state index in [2.05, 4.69) is 20.5 Å². The van der Waals surface area contributed by atoms with Crippen LogP contribution in [0.15, 0.2) is 109 Å². The third-order valence-corrected chi connectivity index (χ3v) is 6.44. The standard InChI is InChI=1S/C22H16N4O7S2/c27-19-11-6-14-12-18(34(28,29)30)13-20(35(31,32)33)21(14)22(19)26-25-17-9-7-16(8-10-17)24-23-15-4-2-1-3-5-15/h1-13,27H,(H,28,29,30)(H,31,32,33)/b24-23+,26-25+. The Balaban J connectivity index is 1.74. The fourth-order valence-corrected chi connectivity index (χ4v) is 4.49. The topological polar surface area (TPSA) is 178 Å². The molecule has 4 rings (SSSR count). The van der Waals surface area contributed by atoms with E-state index in [1.807, 2.05) is 18.2 Å². The Morgan fingerprint density at radius 2 is 1.14 bits per heavy atom. The van der Waals surface area contributed by atoms with Gasteiger partial charge in [-0.25, -0.2) is 0 Å². The number of nitrogens with zero attached hydrogens (tertiary/aromatic N) is 4. The first-order chi connectivity index (χ1) is 16.5. The highest BCUT2D eigenvalue weighted by Crippen LogP contribution is 2.41. The van der Waals surface area contributed by atoms with Gasteiger partial charge in [-0.2, -0.15) is 32.2 Å². The molecule has 4 aromatic rings. The first-order valence-electron chi connectivity index (χ1n) is 9.76. The van der Waals surface area contributed by atoms with Crippen LogP contribution in [0.25, 0.3) is 10.8 Å². The monoisotopic (exact) mass is 512 g/mol. The van der Waals surface area contributed by atoms with Crippen LogP contribution in [0, 0.1) is 0 Å². The van der Waals surface area contributed by atoms with Crippen molar-refractivity contribution in [3.63, 3.8) is 0 Å². The zero-order valence-electron chi connectivity index (χ0n) is 17.6. The molecule has 13 heteroatoms. The molecule has 0 aliphatic rings. The van der Waals surface area contributed by atoms with Crippen molar-refractivity contribution in [1.29, 1.82) is 0 Å². The lowest BCUT2D eigenvalue weighted by Crippen LogP contribution is -2.04. The first kappa shape index (κ1) is 24.1. The first-order valence-corrected chi connectivity index (χ1v) is 12.6. The van der Waals surface area contributed by atoms with Crippen LogP contribution in [-0.4, -0.2) is 31.0 Å². The highest BCUT2D eigenvalue weighted by Gasteiger charge is 2.23. The van der Waals surface area contributed by atoms with Gasteiger partial charge in [0.1, 0.15) is 16.3 Å². The van der Waals surface area contributed by atoms with Crippen molar-refractivity contribution in [1.82, 2.24) is 0 Å². The Morgan fingerprint density at radius 3 is 1.69 bits per heavy atom. The highest BCUT2D eigenvalue weighted by molar-refractivity contribution is 7.86. The number of hydrogen-bond donors (Lipinski definition) is 3. The molecule has 0 bridgehead atoms. The van der Waals surface area contributed by atoms with Gasteiger partial charge in [-0.3, -0.25) is 9.11 Å². The number of fused-ring (bicyclic) bond motifs is 1. The maximum atomic E-state index is 12.0. The SMILES string of the molecule is O=S(=O)(O)c1cc(S(=O)(=O)O)c2c(/N=N/c3ccc(/N=N/c4ccccc4)cc3)c(O)ccc2c1. The van der Waals surface area contributed by atoms with Gasteiger partial charge in [0.25, 0.3) is 20.2 Å². The number of hydrogen-bond acceptors (Lipinski definition) is 9. The largest absolute Gasteiger partial charge is 0.506 e. The molecule has 0 saturated heterocycles. The Hall–Kier alpha value is -4.04. The third kappa shape index (κ3) is 5.55. The summed E-state index contributed by atoms with van der Waals surface area (Å²) in [5.74, 6) is -0.473. The lowest BCUT2D eigenvalue weighted by molar-refractivity contribution is 0.477. The van der Waals surface area contributed by atoms with Gasteiger partial charge < -0.3 is 5.11 Å². The molecule has 0 heterocycles. The van der Waals surface area contributed by atoms with Gasteiger partial charge in [0.05, 0.1) is 22.0 Å². The summed E-state index contributed by atoms with van der Waals surface area (Å²) in [6.45, 7) is 0. The Kier molecular flexibility index (Phi) is 6.41. The molecule has 0 radical (unpaired) electrons. The summed E-state index contributed by atoms with van der Waals surface area (Å²) in [4.78, 5) is -1.63. The van der Waals surface area contributed by atoms with E-state index in [-0.39, 0.29) is 16.5 Å². The molecule has 11 nitrogen and oxygen atoms in total. The van der Waals surface area contributed by atoms with Crippen LogP contribution in [0.5, 0.6) is 5.75 Å². The minimum Gasteiger partial charge on any atom is -0.506 e. The van der Waals surface area contributed by atoms with Gasteiger partial charge >= 0.3 is 0 Å². The maximum absolute atomic E-state index is 12.0. The van der Waals surface area contributed by atoms with Gasteiger partial charge in [0.15, 0.2) is 0 Å². The molecule has 3 N–H and O–H groups in total.